The molecule has 2 N–H and O–H groups in total. The van der Waals surface area contributed by atoms with Gasteiger partial charge in [-0.3, -0.25) is 14.9 Å². The monoisotopic (exact) mass is 311 g/mol. The molecule has 2 unspecified atom stereocenters. The summed E-state index contributed by atoms with van der Waals surface area (Å²) < 4.78 is 0. The fraction of sp³-hybridized carbons (Fsp3) is 0.500. The number of carbonyl (C=O) groups excluding carboxylic acids is 1. The summed E-state index contributed by atoms with van der Waals surface area (Å²) >= 11 is 5.87. The van der Waals surface area contributed by atoms with Crippen LogP contribution < -0.4 is 5.73 Å². The summed E-state index contributed by atoms with van der Waals surface area (Å²) in [5, 5.41) is 11.4. The molecule has 6 nitrogen and oxygen atoms in total. The average molecular weight is 312 g/mol. The van der Waals surface area contributed by atoms with Crippen molar-refractivity contribution >= 4 is 23.2 Å². The third-order valence-corrected chi connectivity index (χ3v) is 4.11. The van der Waals surface area contributed by atoms with Gasteiger partial charge in [-0.1, -0.05) is 11.6 Å². The first-order valence-corrected chi connectivity index (χ1v) is 7.26. The molecule has 0 bridgehead atoms. The topological polar surface area (TPSA) is 89.5 Å². The molecule has 2 rings (SSSR count). The molecule has 1 aliphatic heterocycles. The number of nitrogens with zero attached hydrogens (tertiary/aromatic N) is 2. The van der Waals surface area contributed by atoms with E-state index < -0.39 is 4.92 Å². The second kappa shape index (κ2) is 6.41. The van der Waals surface area contributed by atoms with Crippen LogP contribution in [0.4, 0.5) is 5.69 Å². The van der Waals surface area contributed by atoms with Gasteiger partial charge in [0.15, 0.2) is 0 Å². The normalized spacial score (nSPS) is 20.1. The molecule has 7 heteroatoms. The van der Waals surface area contributed by atoms with Gasteiger partial charge in [-0.15, -0.1) is 0 Å². The molecule has 0 aliphatic carbocycles. The molecular formula is C14H18ClN3O3. The summed E-state index contributed by atoms with van der Waals surface area (Å²) in [5.41, 5.74) is 5.73. The van der Waals surface area contributed by atoms with Crippen LogP contribution >= 0.6 is 11.6 Å². The van der Waals surface area contributed by atoms with Crippen molar-refractivity contribution in [3.05, 3.63) is 38.9 Å². The number of likely N-dealkylation sites (tertiary alicyclic amines) is 1. The van der Waals surface area contributed by atoms with E-state index in [2.05, 4.69) is 0 Å². The molecule has 1 aromatic carbocycles. The van der Waals surface area contributed by atoms with Gasteiger partial charge in [0, 0.05) is 30.2 Å². The number of nitro groups is 1. The van der Waals surface area contributed by atoms with Gasteiger partial charge < -0.3 is 10.6 Å². The highest BCUT2D eigenvalue weighted by Gasteiger charge is 2.30. The number of piperidine rings is 1. The van der Waals surface area contributed by atoms with Gasteiger partial charge in [-0.05, 0) is 37.8 Å². The molecule has 2 atom stereocenters. The minimum atomic E-state index is -0.559. The van der Waals surface area contributed by atoms with Crippen molar-refractivity contribution in [3.8, 4) is 0 Å². The number of carbonyl (C=O) groups is 1. The van der Waals surface area contributed by atoms with Gasteiger partial charge in [0.1, 0.15) is 5.56 Å². The lowest BCUT2D eigenvalue weighted by Gasteiger charge is -2.34. The van der Waals surface area contributed by atoms with Crippen LogP contribution in [0.15, 0.2) is 18.2 Å². The Labute approximate surface area is 128 Å². The molecule has 0 spiro atoms. The van der Waals surface area contributed by atoms with Crippen LogP contribution in [0, 0.1) is 16.0 Å². The van der Waals surface area contributed by atoms with Crippen molar-refractivity contribution in [1.82, 2.24) is 4.90 Å². The lowest BCUT2D eigenvalue weighted by Crippen LogP contribution is -2.45. The zero-order valence-corrected chi connectivity index (χ0v) is 12.5. The van der Waals surface area contributed by atoms with E-state index in [-0.39, 0.29) is 29.1 Å². The van der Waals surface area contributed by atoms with E-state index >= 15 is 0 Å². The van der Waals surface area contributed by atoms with Crippen molar-refractivity contribution < 1.29 is 9.72 Å². The standard InChI is InChI=1S/C14H18ClN3O3/c1-9(16)10-3-2-6-17(8-10)14(19)12-7-11(15)4-5-13(12)18(20)21/h4-5,7,9-10H,2-3,6,8,16H2,1H3. The minimum Gasteiger partial charge on any atom is -0.338 e. The fourth-order valence-corrected chi connectivity index (χ4v) is 2.80. The molecule has 1 aliphatic rings. The second-order valence-electron chi connectivity index (χ2n) is 5.43. The van der Waals surface area contributed by atoms with Crippen molar-refractivity contribution in [1.29, 1.82) is 0 Å². The van der Waals surface area contributed by atoms with E-state index in [4.69, 9.17) is 17.3 Å². The molecule has 21 heavy (non-hydrogen) atoms. The van der Waals surface area contributed by atoms with Crippen LogP contribution in [-0.2, 0) is 0 Å². The maximum Gasteiger partial charge on any atom is 0.282 e. The molecule has 0 saturated carbocycles. The number of rotatable bonds is 3. The van der Waals surface area contributed by atoms with E-state index in [0.717, 1.165) is 12.8 Å². The van der Waals surface area contributed by atoms with E-state index in [1.54, 1.807) is 4.90 Å². The molecule has 0 aromatic heterocycles. The smallest absolute Gasteiger partial charge is 0.282 e. The Balaban J connectivity index is 2.27. The summed E-state index contributed by atoms with van der Waals surface area (Å²) in [6.07, 6.45) is 1.82. The number of hydrogen-bond acceptors (Lipinski definition) is 4. The van der Waals surface area contributed by atoms with Crippen LogP contribution in [0.1, 0.15) is 30.1 Å². The minimum absolute atomic E-state index is 0.00468. The first-order chi connectivity index (χ1) is 9.90. The summed E-state index contributed by atoms with van der Waals surface area (Å²) in [5.74, 6) is -0.129. The van der Waals surface area contributed by atoms with Gasteiger partial charge in [-0.2, -0.15) is 0 Å². The van der Waals surface area contributed by atoms with Gasteiger partial charge >= 0.3 is 0 Å². The molecule has 0 radical (unpaired) electrons. The van der Waals surface area contributed by atoms with Crippen LogP contribution in [0.3, 0.4) is 0 Å². The van der Waals surface area contributed by atoms with Crippen molar-refractivity contribution in [2.24, 2.45) is 11.7 Å². The van der Waals surface area contributed by atoms with Gasteiger partial charge in [0.2, 0.25) is 0 Å². The van der Waals surface area contributed by atoms with Crippen LogP contribution in [0.25, 0.3) is 0 Å². The van der Waals surface area contributed by atoms with E-state index in [1.165, 1.54) is 18.2 Å². The SMILES string of the molecule is CC(N)C1CCCN(C(=O)c2cc(Cl)ccc2[N+](=O)[O-])C1. The Bertz CT molecular complexity index is 562. The molecule has 1 amide bonds. The Morgan fingerprint density at radius 1 is 1.57 bits per heavy atom. The fourth-order valence-electron chi connectivity index (χ4n) is 2.63. The van der Waals surface area contributed by atoms with Gasteiger partial charge in [0.05, 0.1) is 4.92 Å². The number of halogens is 1. The first-order valence-electron chi connectivity index (χ1n) is 6.89. The van der Waals surface area contributed by atoms with Crippen LogP contribution in [-0.4, -0.2) is 34.9 Å². The van der Waals surface area contributed by atoms with E-state index in [1.807, 2.05) is 6.92 Å². The summed E-state index contributed by atoms with van der Waals surface area (Å²) in [7, 11) is 0. The van der Waals surface area contributed by atoms with Crippen molar-refractivity contribution in [2.45, 2.75) is 25.8 Å². The molecular weight excluding hydrogens is 294 g/mol. The van der Waals surface area contributed by atoms with Crippen LogP contribution in [0.5, 0.6) is 0 Å². The van der Waals surface area contributed by atoms with E-state index in [9.17, 15) is 14.9 Å². The maximum absolute atomic E-state index is 12.6. The number of hydrogen-bond donors (Lipinski definition) is 1. The largest absolute Gasteiger partial charge is 0.338 e. The van der Waals surface area contributed by atoms with Gasteiger partial charge in [0.25, 0.3) is 11.6 Å². The Morgan fingerprint density at radius 3 is 2.90 bits per heavy atom. The predicted octanol–water partition coefficient (Wildman–Crippen LogP) is 2.45. The third kappa shape index (κ3) is 3.51. The zero-order chi connectivity index (χ0) is 15.6. The zero-order valence-electron chi connectivity index (χ0n) is 11.8. The molecule has 1 saturated heterocycles. The van der Waals surface area contributed by atoms with Gasteiger partial charge in [-0.25, -0.2) is 0 Å². The van der Waals surface area contributed by atoms with Crippen LogP contribution in [0.2, 0.25) is 5.02 Å². The highest BCUT2D eigenvalue weighted by atomic mass is 35.5. The lowest BCUT2D eigenvalue weighted by atomic mass is 9.92. The molecule has 1 fully saturated rings. The molecule has 1 aromatic rings. The lowest BCUT2D eigenvalue weighted by molar-refractivity contribution is -0.385. The average Bonchev–Trinajstić information content (AvgIpc) is 2.46. The maximum atomic E-state index is 12.6. The second-order valence-corrected chi connectivity index (χ2v) is 5.87. The van der Waals surface area contributed by atoms with Crippen molar-refractivity contribution in [3.63, 3.8) is 0 Å². The number of amides is 1. The highest BCUT2D eigenvalue weighted by molar-refractivity contribution is 6.31. The Hall–Kier alpha value is -1.66. The molecule has 1 heterocycles. The summed E-state index contributed by atoms with van der Waals surface area (Å²) in [6, 6.07) is 4.03. The number of nitrogens with two attached hydrogens (primary N) is 1. The predicted molar refractivity (Wildman–Crippen MR) is 80.4 cm³/mol. The number of nitro benzene ring substituents is 1. The van der Waals surface area contributed by atoms with E-state index in [0.29, 0.717) is 18.1 Å². The first kappa shape index (κ1) is 15.7. The number of benzene rings is 1. The third-order valence-electron chi connectivity index (χ3n) is 3.87. The summed E-state index contributed by atoms with van der Waals surface area (Å²) in [4.78, 5) is 24.7. The highest BCUT2D eigenvalue weighted by Crippen LogP contribution is 2.27. The summed E-state index contributed by atoms with van der Waals surface area (Å²) in [6.45, 7) is 3.03. The Kier molecular flexibility index (Phi) is 4.80. The quantitative estimate of drug-likeness (QED) is 0.686. The Morgan fingerprint density at radius 2 is 2.29 bits per heavy atom. The van der Waals surface area contributed by atoms with Crippen molar-refractivity contribution in [2.75, 3.05) is 13.1 Å². The molecule has 114 valence electrons.